The number of methoxy groups -OCH3 is 1. The maximum atomic E-state index is 11.4. The number of nitrogens with two attached hydrogens (primary N) is 1. The van der Waals surface area contributed by atoms with Gasteiger partial charge in [0.25, 0.3) is 0 Å². The molecular formula is C19H23ClN4O3. The molecule has 7 nitrogen and oxygen atoms in total. The number of imidazole rings is 1. The van der Waals surface area contributed by atoms with E-state index in [1.807, 2.05) is 12.1 Å². The van der Waals surface area contributed by atoms with Crippen LogP contribution in [0.3, 0.4) is 0 Å². The second-order valence-electron chi connectivity index (χ2n) is 6.80. The molecular weight excluding hydrogens is 368 g/mol. The molecule has 3 rings (SSSR count). The van der Waals surface area contributed by atoms with Gasteiger partial charge in [0.15, 0.2) is 0 Å². The van der Waals surface area contributed by atoms with Crippen LogP contribution in [0.2, 0.25) is 5.15 Å². The Balaban J connectivity index is 1.68. The average molecular weight is 391 g/mol. The Labute approximate surface area is 162 Å². The zero-order valence-corrected chi connectivity index (χ0v) is 15.9. The number of benzene rings is 1. The summed E-state index contributed by atoms with van der Waals surface area (Å²) in [6.07, 6.45) is 3.32. The highest BCUT2D eigenvalue weighted by Gasteiger charge is 2.23. The second kappa shape index (κ2) is 8.54. The van der Waals surface area contributed by atoms with Crippen molar-refractivity contribution in [2.24, 2.45) is 11.7 Å². The van der Waals surface area contributed by atoms with Gasteiger partial charge in [-0.2, -0.15) is 0 Å². The number of anilines is 1. The lowest BCUT2D eigenvalue weighted by molar-refractivity contribution is -0.121. The number of H-pyrrole nitrogens is 1. The molecule has 4 N–H and O–H groups in total. The van der Waals surface area contributed by atoms with Crippen LogP contribution in [0.25, 0.3) is 11.3 Å². The van der Waals surface area contributed by atoms with Gasteiger partial charge in [-0.05, 0) is 37.3 Å². The van der Waals surface area contributed by atoms with Crippen molar-refractivity contribution in [1.29, 1.82) is 0 Å². The van der Waals surface area contributed by atoms with Gasteiger partial charge in [-0.15, -0.1) is 0 Å². The molecule has 144 valence electrons. The van der Waals surface area contributed by atoms with E-state index in [-0.39, 0.29) is 6.04 Å². The van der Waals surface area contributed by atoms with E-state index in [0.29, 0.717) is 46.9 Å². The number of aromatic amines is 1. The molecule has 1 saturated carbocycles. The first-order valence-corrected chi connectivity index (χ1v) is 9.32. The average Bonchev–Trinajstić information content (AvgIpc) is 3.06. The summed E-state index contributed by atoms with van der Waals surface area (Å²) < 4.78 is 4.56. The number of nitrogens with zero attached hydrogens (tertiary/aromatic N) is 1. The number of nitrogens with one attached hydrogen (secondary N) is 2. The molecule has 1 fully saturated rings. The smallest absolute Gasteiger partial charge is 0.411 e. The van der Waals surface area contributed by atoms with Crippen LogP contribution in [0.4, 0.5) is 10.5 Å². The standard InChI is InChI=1S/C19H23ClN4O3/c1-27-19(26)22-13-6-4-12(5-7-13)16-17(20)24-18(23-16)15(21)10-11-2-8-14(25)9-3-11/h4-7,11,15H,2-3,8-10,21H2,1H3,(H,22,26)(H,23,24). The van der Waals surface area contributed by atoms with Gasteiger partial charge in [-0.25, -0.2) is 9.78 Å². The fourth-order valence-corrected chi connectivity index (χ4v) is 3.57. The number of ether oxygens (including phenoxy) is 1. The molecule has 0 radical (unpaired) electrons. The van der Waals surface area contributed by atoms with Gasteiger partial charge in [0.1, 0.15) is 22.5 Å². The van der Waals surface area contributed by atoms with E-state index in [4.69, 9.17) is 17.3 Å². The Morgan fingerprint density at radius 3 is 2.67 bits per heavy atom. The molecule has 0 aliphatic heterocycles. The quantitative estimate of drug-likeness (QED) is 0.713. The number of halogens is 1. The summed E-state index contributed by atoms with van der Waals surface area (Å²) in [5, 5.41) is 3.01. The molecule has 1 atom stereocenters. The van der Waals surface area contributed by atoms with Gasteiger partial charge in [0, 0.05) is 24.1 Å². The topological polar surface area (TPSA) is 110 Å². The molecule has 1 aromatic heterocycles. The van der Waals surface area contributed by atoms with Crippen LogP contribution in [0, 0.1) is 5.92 Å². The highest BCUT2D eigenvalue weighted by molar-refractivity contribution is 6.31. The minimum atomic E-state index is -0.529. The summed E-state index contributed by atoms with van der Waals surface area (Å²) in [4.78, 5) is 30.3. The number of amides is 1. The molecule has 1 amide bonds. The Bertz CT molecular complexity index is 809. The molecule has 1 aliphatic carbocycles. The van der Waals surface area contributed by atoms with E-state index in [1.165, 1.54) is 7.11 Å². The summed E-state index contributed by atoms with van der Waals surface area (Å²) in [5.74, 6) is 1.42. The van der Waals surface area contributed by atoms with Crippen molar-refractivity contribution >= 4 is 29.2 Å². The predicted molar refractivity (Wildman–Crippen MR) is 104 cm³/mol. The van der Waals surface area contributed by atoms with E-state index in [9.17, 15) is 9.59 Å². The van der Waals surface area contributed by atoms with Crippen LogP contribution in [0.5, 0.6) is 0 Å². The highest BCUT2D eigenvalue weighted by Crippen LogP contribution is 2.32. The zero-order chi connectivity index (χ0) is 19.4. The van der Waals surface area contributed by atoms with Crippen molar-refractivity contribution in [3.8, 4) is 11.3 Å². The Morgan fingerprint density at radius 2 is 2.04 bits per heavy atom. The fourth-order valence-electron chi connectivity index (χ4n) is 3.32. The summed E-state index contributed by atoms with van der Waals surface area (Å²) in [5.41, 5.74) is 8.36. The van der Waals surface area contributed by atoms with Gasteiger partial charge in [-0.3, -0.25) is 10.1 Å². The first kappa shape index (κ1) is 19.4. The van der Waals surface area contributed by atoms with Crippen molar-refractivity contribution in [3.05, 3.63) is 35.2 Å². The number of Topliss-reactive ketones (excluding diaryl/α,β-unsaturated/α-hetero) is 1. The van der Waals surface area contributed by atoms with Crippen LogP contribution in [-0.4, -0.2) is 29.0 Å². The van der Waals surface area contributed by atoms with Crippen molar-refractivity contribution in [2.75, 3.05) is 12.4 Å². The summed E-state index contributed by atoms with van der Waals surface area (Å²) in [7, 11) is 1.31. The van der Waals surface area contributed by atoms with Crippen LogP contribution in [0.15, 0.2) is 24.3 Å². The van der Waals surface area contributed by atoms with E-state index < -0.39 is 6.09 Å². The predicted octanol–water partition coefficient (Wildman–Crippen LogP) is 4.06. The number of hydrogen-bond donors (Lipinski definition) is 3. The van der Waals surface area contributed by atoms with Gasteiger partial charge in [0.05, 0.1) is 13.2 Å². The monoisotopic (exact) mass is 390 g/mol. The normalized spacial score (nSPS) is 16.2. The highest BCUT2D eigenvalue weighted by atomic mass is 35.5. The number of rotatable bonds is 5. The molecule has 0 spiro atoms. The number of aromatic nitrogens is 2. The fraction of sp³-hybridized carbons (Fsp3) is 0.421. The SMILES string of the molecule is COC(=O)Nc1ccc(-c2nc(C(N)CC3CCC(=O)CC3)[nH]c2Cl)cc1. The number of carbonyl (C=O) groups is 2. The van der Waals surface area contributed by atoms with Crippen molar-refractivity contribution in [1.82, 2.24) is 9.97 Å². The maximum absolute atomic E-state index is 11.4. The number of ketones is 1. The van der Waals surface area contributed by atoms with Crippen molar-refractivity contribution in [2.45, 2.75) is 38.1 Å². The summed E-state index contributed by atoms with van der Waals surface area (Å²) in [6, 6.07) is 6.87. The lowest BCUT2D eigenvalue weighted by Gasteiger charge is -2.23. The van der Waals surface area contributed by atoms with E-state index in [2.05, 4.69) is 20.0 Å². The molecule has 1 unspecified atom stereocenters. The minimum Gasteiger partial charge on any atom is -0.453 e. The lowest BCUT2D eigenvalue weighted by Crippen LogP contribution is -2.21. The molecule has 1 aliphatic rings. The van der Waals surface area contributed by atoms with Crippen molar-refractivity contribution < 1.29 is 14.3 Å². The van der Waals surface area contributed by atoms with E-state index in [0.717, 1.165) is 24.8 Å². The third-order valence-electron chi connectivity index (χ3n) is 4.87. The van der Waals surface area contributed by atoms with E-state index >= 15 is 0 Å². The number of carbonyl (C=O) groups excluding carboxylic acids is 2. The molecule has 8 heteroatoms. The molecule has 1 heterocycles. The Kier molecular flexibility index (Phi) is 6.13. The third-order valence-corrected chi connectivity index (χ3v) is 5.14. The van der Waals surface area contributed by atoms with Crippen LogP contribution >= 0.6 is 11.6 Å². The van der Waals surface area contributed by atoms with Crippen LogP contribution in [-0.2, 0) is 9.53 Å². The molecule has 0 bridgehead atoms. The molecule has 2 aromatic rings. The van der Waals surface area contributed by atoms with Gasteiger partial charge in [0.2, 0.25) is 0 Å². The van der Waals surface area contributed by atoms with Crippen LogP contribution in [0.1, 0.15) is 44.0 Å². The minimum absolute atomic E-state index is 0.255. The molecule has 0 saturated heterocycles. The Hall–Kier alpha value is -2.38. The summed E-state index contributed by atoms with van der Waals surface area (Å²) in [6.45, 7) is 0. The summed E-state index contributed by atoms with van der Waals surface area (Å²) >= 11 is 6.32. The molecule has 27 heavy (non-hydrogen) atoms. The van der Waals surface area contributed by atoms with Gasteiger partial charge in [-0.1, -0.05) is 23.7 Å². The largest absolute Gasteiger partial charge is 0.453 e. The number of hydrogen-bond acceptors (Lipinski definition) is 5. The second-order valence-corrected chi connectivity index (χ2v) is 7.18. The maximum Gasteiger partial charge on any atom is 0.411 e. The Morgan fingerprint density at radius 1 is 1.37 bits per heavy atom. The first-order valence-electron chi connectivity index (χ1n) is 8.94. The van der Waals surface area contributed by atoms with Crippen molar-refractivity contribution in [3.63, 3.8) is 0 Å². The molecule has 1 aromatic carbocycles. The van der Waals surface area contributed by atoms with Gasteiger partial charge < -0.3 is 15.5 Å². The van der Waals surface area contributed by atoms with E-state index in [1.54, 1.807) is 12.1 Å². The van der Waals surface area contributed by atoms with Crippen LogP contribution < -0.4 is 11.1 Å². The van der Waals surface area contributed by atoms with Gasteiger partial charge >= 0.3 is 6.09 Å². The lowest BCUT2D eigenvalue weighted by atomic mass is 9.84. The zero-order valence-electron chi connectivity index (χ0n) is 15.1. The third kappa shape index (κ3) is 4.87. The first-order chi connectivity index (χ1) is 13.0.